The summed E-state index contributed by atoms with van der Waals surface area (Å²) < 4.78 is 30.2. The lowest BCUT2D eigenvalue weighted by Crippen LogP contribution is -2.39. The zero-order chi connectivity index (χ0) is 20.8. The van der Waals surface area contributed by atoms with E-state index in [4.69, 9.17) is 23.7 Å². The van der Waals surface area contributed by atoms with Gasteiger partial charge in [-0.25, -0.2) is 4.79 Å². The molecule has 5 rings (SSSR count). The van der Waals surface area contributed by atoms with E-state index in [9.17, 15) is 4.79 Å². The quantitative estimate of drug-likeness (QED) is 0.677. The molecular weight excluding hydrogens is 384 g/mol. The number of fused-ring (bicyclic) bond motifs is 1. The number of ether oxygens (including phenoxy) is 5. The fraction of sp³-hybridized carbons (Fsp3) is 0.458. The van der Waals surface area contributed by atoms with Crippen molar-refractivity contribution in [3.63, 3.8) is 0 Å². The summed E-state index contributed by atoms with van der Waals surface area (Å²) in [4.78, 5) is 12.3. The zero-order valence-electron chi connectivity index (χ0n) is 17.2. The van der Waals surface area contributed by atoms with Gasteiger partial charge in [-0.05, 0) is 38.0 Å². The summed E-state index contributed by atoms with van der Waals surface area (Å²) in [6.45, 7) is 4.49. The molecule has 6 nitrogen and oxygen atoms in total. The molecule has 30 heavy (non-hydrogen) atoms. The Hall–Kier alpha value is -2.25. The van der Waals surface area contributed by atoms with Crippen molar-refractivity contribution in [2.45, 2.75) is 56.8 Å². The number of carbonyl (C=O) groups excluding carboxylic acids is 1. The smallest absolute Gasteiger partial charge is 0.338 e. The van der Waals surface area contributed by atoms with Crippen LogP contribution in [0.3, 0.4) is 0 Å². The minimum atomic E-state index is -0.713. The number of hydrogen-bond acceptors (Lipinski definition) is 6. The van der Waals surface area contributed by atoms with Crippen molar-refractivity contribution in [2.75, 3.05) is 6.61 Å². The van der Waals surface area contributed by atoms with Gasteiger partial charge in [-0.2, -0.15) is 0 Å². The minimum Gasteiger partial charge on any atom is -0.462 e. The Bertz CT molecular complexity index is 898. The molecule has 2 aromatic carbocycles. The lowest BCUT2D eigenvalue weighted by molar-refractivity contribution is -0.227. The van der Waals surface area contributed by atoms with E-state index in [1.807, 2.05) is 62.4 Å². The van der Waals surface area contributed by atoms with Crippen LogP contribution in [0.5, 0.6) is 0 Å². The van der Waals surface area contributed by atoms with Crippen molar-refractivity contribution in [1.29, 1.82) is 0 Å². The Labute approximate surface area is 176 Å². The maximum absolute atomic E-state index is 12.3. The second-order valence-electron chi connectivity index (χ2n) is 8.62. The van der Waals surface area contributed by atoms with Crippen molar-refractivity contribution in [3.05, 3.63) is 71.8 Å². The fourth-order valence-corrected chi connectivity index (χ4v) is 4.46. The van der Waals surface area contributed by atoms with Crippen LogP contribution in [0.15, 0.2) is 60.7 Å². The van der Waals surface area contributed by atoms with Gasteiger partial charge in [0.15, 0.2) is 12.1 Å². The van der Waals surface area contributed by atoms with E-state index < -0.39 is 17.7 Å². The Morgan fingerprint density at radius 2 is 1.70 bits per heavy atom. The molecule has 2 heterocycles. The summed E-state index contributed by atoms with van der Waals surface area (Å²) in [5, 5.41) is 0. The van der Waals surface area contributed by atoms with Crippen LogP contribution in [0.25, 0.3) is 0 Å². The van der Waals surface area contributed by atoms with E-state index in [1.165, 1.54) is 0 Å². The first-order valence-electron chi connectivity index (χ1n) is 10.4. The third kappa shape index (κ3) is 3.65. The van der Waals surface area contributed by atoms with Gasteiger partial charge in [0.05, 0.1) is 18.8 Å². The molecule has 5 atom stereocenters. The Morgan fingerprint density at radius 3 is 2.43 bits per heavy atom. The van der Waals surface area contributed by atoms with Gasteiger partial charge >= 0.3 is 5.97 Å². The molecule has 3 aliphatic rings. The fourth-order valence-electron chi connectivity index (χ4n) is 4.46. The van der Waals surface area contributed by atoms with Gasteiger partial charge in [-0.15, -0.1) is 0 Å². The summed E-state index contributed by atoms with van der Waals surface area (Å²) in [6.07, 6.45) is -0.326. The predicted molar refractivity (Wildman–Crippen MR) is 107 cm³/mol. The first-order chi connectivity index (χ1) is 14.5. The van der Waals surface area contributed by atoms with Crippen molar-refractivity contribution in [3.8, 4) is 0 Å². The zero-order valence-corrected chi connectivity index (χ0v) is 17.2. The summed E-state index contributed by atoms with van der Waals surface area (Å²) in [7, 11) is 0. The summed E-state index contributed by atoms with van der Waals surface area (Å²) in [5.41, 5.74) is 1.08. The summed E-state index contributed by atoms with van der Waals surface area (Å²) >= 11 is 0. The lowest BCUT2D eigenvalue weighted by Gasteiger charge is -2.27. The average molecular weight is 410 g/mol. The molecule has 2 aliphatic heterocycles. The van der Waals surface area contributed by atoms with E-state index in [1.54, 1.807) is 12.1 Å². The van der Waals surface area contributed by atoms with Crippen LogP contribution in [-0.4, -0.2) is 42.5 Å². The maximum atomic E-state index is 12.3. The van der Waals surface area contributed by atoms with Crippen molar-refractivity contribution < 1.29 is 28.5 Å². The molecule has 6 heteroatoms. The normalized spacial score (nSPS) is 33.4. The Kier molecular flexibility index (Phi) is 4.90. The number of esters is 1. The molecule has 1 aliphatic carbocycles. The van der Waals surface area contributed by atoms with Gasteiger partial charge in [0, 0.05) is 5.92 Å². The largest absolute Gasteiger partial charge is 0.462 e. The van der Waals surface area contributed by atoms with Crippen molar-refractivity contribution in [1.82, 2.24) is 0 Å². The molecule has 1 spiro atoms. The molecule has 0 N–H and O–H groups in total. The van der Waals surface area contributed by atoms with Gasteiger partial charge in [0.1, 0.15) is 17.8 Å². The van der Waals surface area contributed by atoms with E-state index in [2.05, 4.69) is 0 Å². The third-order valence-electron chi connectivity index (χ3n) is 6.00. The van der Waals surface area contributed by atoms with E-state index in [-0.39, 0.29) is 30.7 Å². The van der Waals surface area contributed by atoms with Gasteiger partial charge in [-0.3, -0.25) is 0 Å². The Morgan fingerprint density at radius 1 is 1.00 bits per heavy atom. The van der Waals surface area contributed by atoms with Crippen LogP contribution >= 0.6 is 0 Å². The maximum Gasteiger partial charge on any atom is 0.338 e. The second-order valence-corrected chi connectivity index (χ2v) is 8.62. The highest BCUT2D eigenvalue weighted by atomic mass is 16.8. The molecule has 0 radical (unpaired) electrons. The van der Waals surface area contributed by atoms with Gasteiger partial charge in [0.2, 0.25) is 0 Å². The molecule has 0 aromatic heterocycles. The average Bonchev–Trinajstić information content (AvgIpc) is 3.25. The van der Waals surface area contributed by atoms with Crippen LogP contribution < -0.4 is 0 Å². The van der Waals surface area contributed by atoms with Gasteiger partial charge in [-0.1, -0.05) is 48.5 Å². The first kappa shape index (κ1) is 19.7. The molecule has 2 aromatic rings. The molecule has 158 valence electrons. The number of hydrogen-bond donors (Lipinski definition) is 0. The molecule has 2 saturated heterocycles. The molecule has 1 saturated carbocycles. The van der Waals surface area contributed by atoms with Crippen LogP contribution in [0.1, 0.15) is 36.2 Å². The van der Waals surface area contributed by atoms with Crippen LogP contribution in [0, 0.1) is 5.92 Å². The van der Waals surface area contributed by atoms with Crippen LogP contribution in [-0.2, 0) is 30.3 Å². The molecule has 0 amide bonds. The topological polar surface area (TPSA) is 63.2 Å². The van der Waals surface area contributed by atoms with Crippen molar-refractivity contribution >= 4 is 5.97 Å². The van der Waals surface area contributed by atoms with E-state index in [0.717, 1.165) is 12.0 Å². The van der Waals surface area contributed by atoms with Gasteiger partial charge < -0.3 is 23.7 Å². The molecular formula is C24H26O6. The monoisotopic (exact) mass is 410 g/mol. The number of carbonyl (C=O) groups is 1. The van der Waals surface area contributed by atoms with E-state index in [0.29, 0.717) is 12.2 Å². The molecule has 0 bridgehead atoms. The van der Waals surface area contributed by atoms with Crippen molar-refractivity contribution in [2.24, 2.45) is 5.92 Å². The van der Waals surface area contributed by atoms with Crippen LogP contribution in [0.4, 0.5) is 0 Å². The highest BCUT2D eigenvalue weighted by molar-refractivity contribution is 5.89. The summed E-state index contributed by atoms with van der Waals surface area (Å²) in [6, 6.07) is 19.0. The van der Waals surface area contributed by atoms with Gasteiger partial charge in [0.25, 0.3) is 0 Å². The first-order valence-corrected chi connectivity index (χ1v) is 10.4. The lowest BCUT2D eigenvalue weighted by atomic mass is 10.1. The molecule has 3 fully saturated rings. The summed E-state index contributed by atoms with van der Waals surface area (Å²) in [5.74, 6) is -0.992. The highest BCUT2D eigenvalue weighted by Gasteiger charge is 2.73. The molecule has 1 unspecified atom stereocenters. The van der Waals surface area contributed by atoms with E-state index >= 15 is 0 Å². The Balaban J connectivity index is 1.27. The minimum absolute atomic E-state index is 0.0480. The predicted octanol–water partition coefficient (Wildman–Crippen LogP) is 3.70. The standard InChI is InChI=1S/C24H26O6/c1-23(2)28-19-20(26-14-16-9-5-3-6-10-16)24(30-22(19)29-23)13-18(24)15-27-21(25)17-11-7-4-8-12-17/h3-12,18-20,22H,13-15H2,1-2H3/t18-,19+,20?,22+,24+/m1/s1. The second kappa shape index (κ2) is 7.46. The number of benzene rings is 2. The van der Waals surface area contributed by atoms with Crippen LogP contribution in [0.2, 0.25) is 0 Å². The highest BCUT2D eigenvalue weighted by Crippen LogP contribution is 2.59. The number of rotatable bonds is 6. The third-order valence-corrected chi connectivity index (χ3v) is 6.00. The SMILES string of the molecule is CC1(C)O[C@H]2O[C@]3(C[C@@H]3COC(=O)c3ccccc3)C(OCc3ccccc3)[C@@H]2O1.